The lowest BCUT2D eigenvalue weighted by atomic mass is 10.0. The fourth-order valence-electron chi connectivity index (χ4n) is 2.20. The lowest BCUT2D eigenvalue weighted by Crippen LogP contribution is -2.27. The van der Waals surface area contributed by atoms with Crippen molar-refractivity contribution in [3.63, 3.8) is 0 Å². The number of nitriles is 1. The Bertz CT molecular complexity index is 767. The summed E-state index contributed by atoms with van der Waals surface area (Å²) in [6.45, 7) is 2.76. The number of rotatable bonds is 4. The van der Waals surface area contributed by atoms with Gasteiger partial charge in [-0.1, -0.05) is 29.8 Å². The van der Waals surface area contributed by atoms with Gasteiger partial charge in [-0.15, -0.1) is 10.2 Å². The quantitative estimate of drug-likeness (QED) is 0.740. The van der Waals surface area contributed by atoms with Gasteiger partial charge in [0.25, 0.3) is 0 Å². The number of benzene rings is 2. The molecular weight excluding hydrogens is 273 g/mol. The van der Waals surface area contributed by atoms with Crippen LogP contribution in [0.3, 0.4) is 0 Å². The fourth-order valence-corrected chi connectivity index (χ4v) is 2.20. The minimum Gasteiger partial charge on any atom is -0.274 e. The molecule has 0 bridgehead atoms. The highest BCUT2D eigenvalue weighted by atomic mass is 15.6. The van der Waals surface area contributed by atoms with E-state index in [2.05, 4.69) is 47.5 Å². The van der Waals surface area contributed by atoms with Crippen LogP contribution >= 0.6 is 0 Å². The molecular formula is C17H15N5. The predicted molar refractivity (Wildman–Crippen MR) is 83.9 cm³/mol. The molecule has 0 aliphatic heterocycles. The monoisotopic (exact) mass is 288 g/mol. The van der Waals surface area contributed by atoms with Crippen molar-refractivity contribution in [1.82, 2.24) is 14.9 Å². The zero-order valence-corrected chi connectivity index (χ0v) is 12.2. The maximum Gasteiger partial charge on any atom is 0.139 e. The van der Waals surface area contributed by atoms with Gasteiger partial charge in [-0.25, -0.2) is 4.68 Å². The zero-order chi connectivity index (χ0) is 15.4. The largest absolute Gasteiger partial charge is 0.274 e. The molecule has 0 spiro atoms. The van der Waals surface area contributed by atoms with E-state index in [1.807, 2.05) is 34.0 Å². The van der Waals surface area contributed by atoms with Crippen molar-refractivity contribution < 1.29 is 0 Å². The van der Waals surface area contributed by atoms with Gasteiger partial charge in [-0.2, -0.15) is 5.26 Å². The van der Waals surface area contributed by atoms with Crippen LogP contribution in [0, 0.1) is 18.3 Å². The zero-order valence-electron chi connectivity index (χ0n) is 12.2. The molecule has 0 unspecified atom stereocenters. The van der Waals surface area contributed by atoms with E-state index in [0.29, 0.717) is 12.1 Å². The summed E-state index contributed by atoms with van der Waals surface area (Å²) in [6.07, 6.45) is 3.32. The van der Waals surface area contributed by atoms with Crippen LogP contribution in [-0.2, 0) is 6.54 Å². The third-order valence-corrected chi connectivity index (χ3v) is 3.43. The minimum absolute atomic E-state index is 0.641. The fraction of sp³-hybridized carbons (Fsp3) is 0.118. The maximum atomic E-state index is 8.92. The molecule has 1 heterocycles. The SMILES string of the molecule is Cc1ccc(CN(c2ccc([11C]#N)cc2)n2cnnc2)cc1. The molecule has 0 atom stereocenters. The average Bonchev–Trinajstić information content (AvgIpc) is 3.09. The van der Waals surface area contributed by atoms with Crippen molar-refractivity contribution in [1.29, 1.82) is 5.26 Å². The predicted octanol–water partition coefficient (Wildman–Crippen LogP) is 2.93. The Hall–Kier alpha value is -3.13. The minimum atomic E-state index is 0.641. The third-order valence-electron chi connectivity index (χ3n) is 3.43. The molecule has 0 radical (unpaired) electrons. The van der Waals surface area contributed by atoms with Crippen molar-refractivity contribution in [2.75, 3.05) is 5.01 Å². The molecule has 0 N–H and O–H groups in total. The summed E-state index contributed by atoms with van der Waals surface area (Å²) in [7, 11) is 0. The highest BCUT2D eigenvalue weighted by molar-refractivity contribution is 5.49. The van der Waals surface area contributed by atoms with E-state index in [1.165, 1.54) is 11.1 Å². The smallest absolute Gasteiger partial charge is 0.139 e. The van der Waals surface area contributed by atoms with Crippen LogP contribution in [0.2, 0.25) is 0 Å². The molecule has 0 aliphatic rings. The lowest BCUT2D eigenvalue weighted by Gasteiger charge is -2.25. The van der Waals surface area contributed by atoms with Crippen LogP contribution in [-0.4, -0.2) is 14.9 Å². The Morgan fingerprint density at radius 1 is 1.00 bits per heavy atom. The number of aryl methyl sites for hydroxylation is 1. The summed E-state index contributed by atoms with van der Waals surface area (Å²) < 4.78 is 1.83. The van der Waals surface area contributed by atoms with E-state index >= 15 is 0 Å². The summed E-state index contributed by atoms with van der Waals surface area (Å²) >= 11 is 0. The molecule has 5 nitrogen and oxygen atoms in total. The van der Waals surface area contributed by atoms with Gasteiger partial charge < -0.3 is 0 Å². The van der Waals surface area contributed by atoms with Crippen molar-refractivity contribution in [2.45, 2.75) is 13.5 Å². The molecule has 5 heteroatoms. The van der Waals surface area contributed by atoms with Crippen LogP contribution < -0.4 is 5.01 Å². The van der Waals surface area contributed by atoms with Crippen LogP contribution in [0.4, 0.5) is 5.69 Å². The summed E-state index contributed by atoms with van der Waals surface area (Å²) in [6, 6.07) is 18.0. The summed E-state index contributed by atoms with van der Waals surface area (Å²) in [4.78, 5) is 0. The molecule has 1 aromatic heterocycles. The highest BCUT2D eigenvalue weighted by Crippen LogP contribution is 2.19. The summed E-state index contributed by atoms with van der Waals surface area (Å²) in [5, 5.41) is 18.7. The number of nitrogens with zero attached hydrogens (tertiary/aromatic N) is 5. The van der Waals surface area contributed by atoms with Crippen LogP contribution in [0.25, 0.3) is 0 Å². The number of anilines is 1. The summed E-state index contributed by atoms with van der Waals surface area (Å²) in [5.41, 5.74) is 4.03. The Morgan fingerprint density at radius 2 is 1.64 bits per heavy atom. The first kappa shape index (κ1) is 13.8. The molecule has 0 aliphatic carbocycles. The van der Waals surface area contributed by atoms with Crippen LogP contribution in [0.5, 0.6) is 0 Å². The number of hydrogen-bond acceptors (Lipinski definition) is 4. The van der Waals surface area contributed by atoms with Gasteiger partial charge in [0.15, 0.2) is 0 Å². The van der Waals surface area contributed by atoms with E-state index < -0.39 is 0 Å². The standard InChI is InChI=1S/C17H15N5/c1-14-2-4-16(5-3-14)11-22(21-12-19-20-13-21)17-8-6-15(10-18)7-9-17/h2-9,12-13H,11H2,1H3/i10-1. The summed E-state index contributed by atoms with van der Waals surface area (Å²) in [5.74, 6) is 0. The normalized spacial score (nSPS) is 10.2. The second kappa shape index (κ2) is 6.10. The first-order chi connectivity index (χ1) is 10.8. The number of hydrogen-bond donors (Lipinski definition) is 0. The molecule has 3 aromatic rings. The first-order valence-corrected chi connectivity index (χ1v) is 6.94. The van der Waals surface area contributed by atoms with Crippen LogP contribution in [0.15, 0.2) is 61.2 Å². The van der Waals surface area contributed by atoms with Gasteiger partial charge in [0.1, 0.15) is 12.7 Å². The van der Waals surface area contributed by atoms with Crippen molar-refractivity contribution in [3.05, 3.63) is 77.9 Å². The number of aromatic nitrogens is 3. The Kier molecular flexibility index (Phi) is 3.84. The second-order valence-electron chi connectivity index (χ2n) is 5.04. The highest BCUT2D eigenvalue weighted by Gasteiger charge is 2.10. The van der Waals surface area contributed by atoms with E-state index in [9.17, 15) is 0 Å². The molecule has 3 rings (SSSR count). The lowest BCUT2D eigenvalue weighted by molar-refractivity contribution is 0.685. The molecule has 22 heavy (non-hydrogen) atoms. The van der Waals surface area contributed by atoms with E-state index in [-0.39, 0.29) is 0 Å². The van der Waals surface area contributed by atoms with Gasteiger partial charge in [0.2, 0.25) is 0 Å². The van der Waals surface area contributed by atoms with Gasteiger partial charge in [0.05, 0.1) is 23.9 Å². The van der Waals surface area contributed by atoms with E-state index in [4.69, 9.17) is 5.26 Å². The molecule has 0 saturated carbocycles. The van der Waals surface area contributed by atoms with Crippen molar-refractivity contribution in [3.8, 4) is 6.07 Å². The maximum absolute atomic E-state index is 8.92. The Balaban J connectivity index is 1.93. The Labute approximate surface area is 129 Å². The molecule has 0 saturated heterocycles. The molecule has 0 amide bonds. The second-order valence-corrected chi connectivity index (χ2v) is 5.04. The van der Waals surface area contributed by atoms with E-state index in [0.717, 1.165) is 5.69 Å². The van der Waals surface area contributed by atoms with Gasteiger partial charge in [0, 0.05) is 0 Å². The van der Waals surface area contributed by atoms with Gasteiger partial charge in [-0.3, -0.25) is 5.01 Å². The molecule has 0 fully saturated rings. The van der Waals surface area contributed by atoms with Gasteiger partial charge >= 0.3 is 0 Å². The molecule has 108 valence electrons. The van der Waals surface area contributed by atoms with Crippen molar-refractivity contribution >= 4 is 5.69 Å². The van der Waals surface area contributed by atoms with E-state index in [1.54, 1.807) is 12.7 Å². The third kappa shape index (κ3) is 2.96. The average molecular weight is 288 g/mol. The Morgan fingerprint density at radius 3 is 2.23 bits per heavy atom. The first-order valence-electron chi connectivity index (χ1n) is 6.94. The van der Waals surface area contributed by atoms with Crippen molar-refractivity contribution in [2.24, 2.45) is 0 Å². The van der Waals surface area contributed by atoms with Crippen LogP contribution in [0.1, 0.15) is 16.7 Å². The topological polar surface area (TPSA) is 57.7 Å². The van der Waals surface area contributed by atoms with Gasteiger partial charge in [-0.05, 0) is 36.8 Å². The molecule has 2 aromatic carbocycles.